The van der Waals surface area contributed by atoms with E-state index >= 15 is 0 Å². The Morgan fingerprint density at radius 2 is 1.86 bits per heavy atom. The minimum atomic E-state index is -3.94. The maximum atomic E-state index is 13.8. The second-order valence-corrected chi connectivity index (χ2v) is 7.10. The number of nitrogens with one attached hydrogen (secondary N) is 1. The summed E-state index contributed by atoms with van der Waals surface area (Å²) in [5, 5.41) is 0. The number of hydrogen-bond donors (Lipinski definition) is 2. The standard InChI is InChI=1S/C14H14BrFN2O2S/c1-8-6-7-12(17)9(2)14(8)21(19,20)18-13-10(15)4-3-5-11(13)16/h3-7,18H,17H2,1-2H3. The highest BCUT2D eigenvalue weighted by molar-refractivity contribution is 9.10. The van der Waals surface area contributed by atoms with Crippen LogP contribution in [0, 0.1) is 19.7 Å². The van der Waals surface area contributed by atoms with Crippen LogP contribution in [0.25, 0.3) is 0 Å². The number of halogens is 2. The van der Waals surface area contributed by atoms with Crippen molar-refractivity contribution in [3.8, 4) is 0 Å². The predicted molar refractivity (Wildman–Crippen MR) is 85.2 cm³/mol. The molecule has 0 radical (unpaired) electrons. The van der Waals surface area contributed by atoms with E-state index in [2.05, 4.69) is 20.7 Å². The zero-order chi connectivity index (χ0) is 15.8. The van der Waals surface area contributed by atoms with E-state index in [1.807, 2.05) is 0 Å². The topological polar surface area (TPSA) is 72.2 Å². The number of para-hydroxylation sites is 1. The second kappa shape index (κ2) is 5.65. The van der Waals surface area contributed by atoms with Gasteiger partial charge in [-0.1, -0.05) is 12.1 Å². The maximum Gasteiger partial charge on any atom is 0.262 e. The molecule has 21 heavy (non-hydrogen) atoms. The van der Waals surface area contributed by atoms with E-state index in [1.54, 1.807) is 32.0 Å². The molecule has 0 spiro atoms. The molecule has 0 aliphatic carbocycles. The maximum absolute atomic E-state index is 13.8. The van der Waals surface area contributed by atoms with Gasteiger partial charge in [0.25, 0.3) is 10.0 Å². The van der Waals surface area contributed by atoms with Crippen LogP contribution in [0.2, 0.25) is 0 Å². The number of rotatable bonds is 3. The molecular formula is C14H14BrFN2O2S. The minimum absolute atomic E-state index is 0.0673. The Balaban J connectivity index is 2.57. The van der Waals surface area contributed by atoms with Crippen molar-refractivity contribution in [2.24, 2.45) is 0 Å². The molecule has 0 aliphatic rings. The largest absolute Gasteiger partial charge is 0.398 e. The van der Waals surface area contributed by atoms with Gasteiger partial charge in [-0.25, -0.2) is 12.8 Å². The Morgan fingerprint density at radius 1 is 1.19 bits per heavy atom. The first-order valence-electron chi connectivity index (χ1n) is 6.06. The first-order chi connectivity index (χ1) is 9.74. The van der Waals surface area contributed by atoms with Crippen LogP contribution in [0.3, 0.4) is 0 Å². The predicted octanol–water partition coefficient (Wildman–Crippen LogP) is 3.59. The molecule has 0 amide bonds. The molecule has 2 aromatic carbocycles. The van der Waals surface area contributed by atoms with Gasteiger partial charge in [-0.3, -0.25) is 4.72 Å². The summed E-state index contributed by atoms with van der Waals surface area (Å²) in [6.45, 7) is 3.28. The van der Waals surface area contributed by atoms with Gasteiger partial charge in [0, 0.05) is 10.2 Å². The molecule has 0 saturated carbocycles. The molecule has 2 aromatic rings. The van der Waals surface area contributed by atoms with Crippen molar-refractivity contribution in [1.82, 2.24) is 0 Å². The molecule has 0 aliphatic heterocycles. The number of nitrogen functional groups attached to an aromatic ring is 1. The van der Waals surface area contributed by atoms with Crippen molar-refractivity contribution in [1.29, 1.82) is 0 Å². The van der Waals surface area contributed by atoms with Gasteiger partial charge in [-0.05, 0) is 59.1 Å². The van der Waals surface area contributed by atoms with Crippen molar-refractivity contribution in [2.45, 2.75) is 18.7 Å². The van der Waals surface area contributed by atoms with Crippen molar-refractivity contribution in [3.63, 3.8) is 0 Å². The SMILES string of the molecule is Cc1ccc(N)c(C)c1S(=O)(=O)Nc1c(F)cccc1Br. The number of sulfonamides is 1. The van der Waals surface area contributed by atoms with Crippen LogP contribution in [0.4, 0.5) is 15.8 Å². The Morgan fingerprint density at radius 3 is 2.48 bits per heavy atom. The van der Waals surface area contributed by atoms with Crippen LogP contribution < -0.4 is 10.5 Å². The number of hydrogen-bond acceptors (Lipinski definition) is 3. The van der Waals surface area contributed by atoms with E-state index in [1.165, 1.54) is 12.1 Å². The van der Waals surface area contributed by atoms with Gasteiger partial charge in [0.05, 0.1) is 10.6 Å². The summed E-state index contributed by atoms with van der Waals surface area (Å²) in [5.41, 5.74) is 6.99. The van der Waals surface area contributed by atoms with Gasteiger partial charge >= 0.3 is 0 Å². The molecular weight excluding hydrogens is 359 g/mol. The molecule has 4 nitrogen and oxygen atoms in total. The van der Waals surface area contributed by atoms with Gasteiger partial charge in [0.2, 0.25) is 0 Å². The Hall–Kier alpha value is -1.60. The molecule has 0 atom stereocenters. The molecule has 0 heterocycles. The minimum Gasteiger partial charge on any atom is -0.398 e. The molecule has 0 fully saturated rings. The summed E-state index contributed by atoms with van der Waals surface area (Å²) in [6, 6.07) is 7.48. The fraction of sp³-hybridized carbons (Fsp3) is 0.143. The van der Waals surface area contributed by atoms with Crippen LogP contribution in [0.1, 0.15) is 11.1 Å². The summed E-state index contributed by atoms with van der Waals surface area (Å²) in [5.74, 6) is -0.660. The smallest absolute Gasteiger partial charge is 0.262 e. The number of benzene rings is 2. The van der Waals surface area contributed by atoms with Crippen LogP contribution in [-0.2, 0) is 10.0 Å². The average Bonchev–Trinajstić information content (AvgIpc) is 2.39. The van der Waals surface area contributed by atoms with Gasteiger partial charge < -0.3 is 5.73 Å². The fourth-order valence-electron chi connectivity index (χ4n) is 2.04. The van der Waals surface area contributed by atoms with Crippen molar-refractivity contribution >= 4 is 37.3 Å². The third-order valence-electron chi connectivity index (χ3n) is 3.11. The number of nitrogens with two attached hydrogens (primary N) is 1. The van der Waals surface area contributed by atoms with Crippen LogP contribution in [0.5, 0.6) is 0 Å². The Bertz CT molecular complexity index is 787. The highest BCUT2D eigenvalue weighted by atomic mass is 79.9. The van der Waals surface area contributed by atoms with Gasteiger partial charge in [0.15, 0.2) is 0 Å². The molecule has 0 bridgehead atoms. The molecule has 2 rings (SSSR count). The first-order valence-corrected chi connectivity index (χ1v) is 8.34. The van der Waals surface area contributed by atoms with Gasteiger partial charge in [0.1, 0.15) is 5.82 Å². The number of anilines is 2. The Kier molecular flexibility index (Phi) is 4.25. The lowest BCUT2D eigenvalue weighted by molar-refractivity contribution is 0.597. The van der Waals surface area contributed by atoms with Crippen LogP contribution >= 0.6 is 15.9 Å². The Labute approximate surface area is 131 Å². The summed E-state index contributed by atoms with van der Waals surface area (Å²) < 4.78 is 41.5. The van der Waals surface area contributed by atoms with Crippen LogP contribution in [0.15, 0.2) is 39.7 Å². The lowest BCUT2D eigenvalue weighted by Crippen LogP contribution is -2.17. The third kappa shape index (κ3) is 3.03. The van der Waals surface area contributed by atoms with Gasteiger partial charge in [-0.2, -0.15) is 0 Å². The normalized spacial score (nSPS) is 11.4. The van der Waals surface area contributed by atoms with Crippen molar-refractivity contribution < 1.29 is 12.8 Å². The lowest BCUT2D eigenvalue weighted by atomic mass is 10.1. The van der Waals surface area contributed by atoms with E-state index in [-0.39, 0.29) is 10.6 Å². The molecule has 0 saturated heterocycles. The molecule has 0 unspecified atom stereocenters. The zero-order valence-electron chi connectivity index (χ0n) is 11.4. The molecule has 0 aromatic heterocycles. The van der Waals surface area contributed by atoms with Crippen molar-refractivity contribution in [2.75, 3.05) is 10.5 Å². The monoisotopic (exact) mass is 372 g/mol. The van der Waals surface area contributed by atoms with E-state index in [9.17, 15) is 12.8 Å². The highest BCUT2D eigenvalue weighted by Gasteiger charge is 2.23. The number of aryl methyl sites for hydroxylation is 1. The summed E-state index contributed by atoms with van der Waals surface area (Å²) in [4.78, 5) is 0.0673. The second-order valence-electron chi connectivity index (χ2n) is 4.63. The van der Waals surface area contributed by atoms with E-state index < -0.39 is 15.8 Å². The van der Waals surface area contributed by atoms with Gasteiger partial charge in [-0.15, -0.1) is 0 Å². The molecule has 7 heteroatoms. The summed E-state index contributed by atoms with van der Waals surface area (Å²) in [6.07, 6.45) is 0. The fourth-order valence-corrected chi connectivity index (χ4v) is 4.20. The van der Waals surface area contributed by atoms with Crippen molar-refractivity contribution in [3.05, 3.63) is 51.7 Å². The molecule has 112 valence electrons. The third-order valence-corrected chi connectivity index (χ3v) is 5.41. The first kappa shape index (κ1) is 15.8. The average molecular weight is 373 g/mol. The van der Waals surface area contributed by atoms with Crippen LogP contribution in [-0.4, -0.2) is 8.42 Å². The van der Waals surface area contributed by atoms with E-state index in [4.69, 9.17) is 5.73 Å². The summed E-state index contributed by atoms with van der Waals surface area (Å²) in [7, 11) is -3.94. The zero-order valence-corrected chi connectivity index (χ0v) is 13.8. The summed E-state index contributed by atoms with van der Waals surface area (Å²) >= 11 is 3.13. The molecule has 3 N–H and O–H groups in total. The van der Waals surface area contributed by atoms with E-state index in [0.717, 1.165) is 0 Å². The lowest BCUT2D eigenvalue weighted by Gasteiger charge is -2.15. The highest BCUT2D eigenvalue weighted by Crippen LogP contribution is 2.31. The quantitative estimate of drug-likeness (QED) is 0.808. The van der Waals surface area contributed by atoms with E-state index in [0.29, 0.717) is 21.3 Å².